The molecular weight excluding hydrogens is 184 g/mol. The molecule has 0 fully saturated rings. The maximum atomic E-state index is 3.95. The van der Waals surface area contributed by atoms with Crippen LogP contribution in [0.3, 0.4) is 0 Å². The van der Waals surface area contributed by atoms with Gasteiger partial charge in [-0.25, -0.2) is 0 Å². The molecule has 0 spiro atoms. The van der Waals surface area contributed by atoms with Crippen molar-refractivity contribution in [3.05, 3.63) is 36.5 Å². The van der Waals surface area contributed by atoms with E-state index in [1.54, 1.807) is 6.20 Å². The topological polar surface area (TPSA) is 41.6 Å². The van der Waals surface area contributed by atoms with E-state index >= 15 is 0 Å². The van der Waals surface area contributed by atoms with Crippen molar-refractivity contribution < 1.29 is 62.0 Å². The van der Waals surface area contributed by atoms with Crippen LogP contribution in [0.1, 0.15) is 2.85 Å². The Morgan fingerprint density at radius 1 is 1.08 bits per heavy atom. The van der Waals surface area contributed by atoms with E-state index in [4.69, 9.17) is 0 Å². The molecule has 0 aliphatic heterocycles. The molecule has 3 nitrogen and oxygen atoms in total. The first-order valence-electron chi connectivity index (χ1n) is 3.38. The number of aromatic nitrogens is 3. The zero-order valence-corrected chi connectivity index (χ0v) is 11.9. The third-order valence-electron chi connectivity index (χ3n) is 1.48. The van der Waals surface area contributed by atoms with Crippen molar-refractivity contribution in [2.24, 2.45) is 0 Å². The Morgan fingerprint density at radius 3 is 2.31 bits per heavy atom. The van der Waals surface area contributed by atoms with Gasteiger partial charge in [-0.05, 0) is 0 Å². The summed E-state index contributed by atoms with van der Waals surface area (Å²) in [7, 11) is 0. The summed E-state index contributed by atoms with van der Waals surface area (Å²) in [6.45, 7) is 0. The molecule has 0 atom stereocenters. The van der Waals surface area contributed by atoms with Gasteiger partial charge in [0.2, 0.25) is 0 Å². The van der Waals surface area contributed by atoms with E-state index in [1.807, 2.05) is 30.3 Å². The van der Waals surface area contributed by atoms with E-state index in [2.05, 4.69) is 15.4 Å². The smallest absolute Gasteiger partial charge is 1.00 e. The number of nitrogens with zero attached hydrogens (tertiary/aromatic N) is 2. The minimum atomic E-state index is 0. The average molecular weight is 193 g/mol. The number of hydrogen-bond acceptors (Lipinski definition) is 2. The van der Waals surface area contributed by atoms with Crippen LogP contribution in [-0.4, -0.2) is 15.4 Å². The van der Waals surface area contributed by atoms with Crippen LogP contribution in [0, 0.1) is 0 Å². The van der Waals surface area contributed by atoms with Gasteiger partial charge in [-0.15, -0.1) is 0 Å². The van der Waals surface area contributed by atoms with Crippen molar-refractivity contribution in [2.75, 3.05) is 0 Å². The Labute approximate surface area is 124 Å². The summed E-state index contributed by atoms with van der Waals surface area (Å²) in [6, 6.07) is 9.92. The van der Waals surface area contributed by atoms with Crippen molar-refractivity contribution in [3.8, 4) is 11.3 Å². The maximum Gasteiger partial charge on any atom is 1.00 e. The van der Waals surface area contributed by atoms with E-state index in [0.717, 1.165) is 11.3 Å². The summed E-state index contributed by atoms with van der Waals surface area (Å²) in [5.41, 5.74) is 1.96. The van der Waals surface area contributed by atoms with Gasteiger partial charge in [0.05, 0.1) is 6.20 Å². The SMILES string of the molecule is [H-].[H-].[Na+].[Na+].c1ccc(-c2cn[nH]n2)cc1. The molecule has 0 unspecified atom stereocenters. The minimum absolute atomic E-state index is 0. The molecule has 0 saturated carbocycles. The summed E-state index contributed by atoms with van der Waals surface area (Å²) < 4.78 is 0. The third-order valence-corrected chi connectivity index (χ3v) is 1.48. The Kier molecular flexibility index (Phi) is 6.95. The van der Waals surface area contributed by atoms with Crippen LogP contribution in [0.25, 0.3) is 11.3 Å². The summed E-state index contributed by atoms with van der Waals surface area (Å²) in [5, 5.41) is 10.2. The van der Waals surface area contributed by atoms with Gasteiger partial charge in [-0.3, -0.25) is 0 Å². The van der Waals surface area contributed by atoms with Gasteiger partial charge >= 0.3 is 59.1 Å². The van der Waals surface area contributed by atoms with E-state index < -0.39 is 0 Å². The van der Waals surface area contributed by atoms with Gasteiger partial charge in [0.25, 0.3) is 0 Å². The summed E-state index contributed by atoms with van der Waals surface area (Å²) >= 11 is 0. The zero-order valence-electron chi connectivity index (χ0n) is 9.86. The van der Waals surface area contributed by atoms with Crippen LogP contribution in [0.2, 0.25) is 0 Å². The molecule has 1 aromatic heterocycles. The molecule has 0 radical (unpaired) electrons. The predicted molar refractivity (Wildman–Crippen MR) is 44.0 cm³/mol. The van der Waals surface area contributed by atoms with Crippen LogP contribution in [-0.2, 0) is 0 Å². The number of nitrogens with one attached hydrogen (secondary N) is 1. The zero-order chi connectivity index (χ0) is 7.52. The fraction of sp³-hybridized carbons (Fsp3) is 0. The molecule has 13 heavy (non-hydrogen) atoms. The molecule has 1 aromatic carbocycles. The Hall–Kier alpha value is 0.360. The standard InChI is InChI=1S/C8H7N3.2Na.2H/c1-2-4-7(5-3-1)8-6-9-11-10-8;;;;/h1-6H,(H,9,10,11);;;;/q;2*+1;2*-1. The van der Waals surface area contributed by atoms with Crippen LogP contribution in [0.15, 0.2) is 36.5 Å². The van der Waals surface area contributed by atoms with Crippen molar-refractivity contribution in [1.82, 2.24) is 15.4 Å². The summed E-state index contributed by atoms with van der Waals surface area (Å²) in [6.07, 6.45) is 1.70. The first-order valence-corrected chi connectivity index (χ1v) is 3.38. The van der Waals surface area contributed by atoms with Gasteiger partial charge in [0, 0.05) is 5.56 Å². The predicted octanol–water partition coefficient (Wildman–Crippen LogP) is -4.30. The number of benzene rings is 1. The summed E-state index contributed by atoms with van der Waals surface area (Å²) in [5.74, 6) is 0. The quantitative estimate of drug-likeness (QED) is 0.466. The Morgan fingerprint density at radius 2 is 1.77 bits per heavy atom. The van der Waals surface area contributed by atoms with Gasteiger partial charge in [0.15, 0.2) is 0 Å². The number of aromatic amines is 1. The second-order valence-corrected chi connectivity index (χ2v) is 2.22. The molecule has 2 aromatic rings. The maximum absolute atomic E-state index is 3.95. The largest absolute Gasteiger partial charge is 1.00 e. The molecule has 1 heterocycles. The van der Waals surface area contributed by atoms with Gasteiger partial charge in [-0.1, -0.05) is 30.3 Å². The second kappa shape index (κ2) is 6.76. The molecule has 0 saturated heterocycles. The van der Waals surface area contributed by atoms with Crippen molar-refractivity contribution in [3.63, 3.8) is 0 Å². The van der Waals surface area contributed by atoms with E-state index in [9.17, 15) is 0 Å². The summed E-state index contributed by atoms with van der Waals surface area (Å²) in [4.78, 5) is 0. The third kappa shape index (κ3) is 3.54. The van der Waals surface area contributed by atoms with Crippen LogP contribution >= 0.6 is 0 Å². The second-order valence-electron chi connectivity index (χ2n) is 2.22. The first kappa shape index (κ1) is 13.4. The van der Waals surface area contributed by atoms with Gasteiger partial charge in [0.1, 0.15) is 5.69 Å². The average Bonchev–Trinajstić information content (AvgIpc) is 2.58. The Bertz CT molecular complexity index is 329. The molecule has 1 N–H and O–H groups in total. The minimum Gasteiger partial charge on any atom is -1.00 e. The monoisotopic (exact) mass is 193 g/mol. The van der Waals surface area contributed by atoms with Crippen LogP contribution < -0.4 is 59.1 Å². The molecule has 0 amide bonds. The fourth-order valence-electron chi connectivity index (χ4n) is 0.950. The van der Waals surface area contributed by atoms with Crippen molar-refractivity contribution in [1.29, 1.82) is 0 Å². The van der Waals surface area contributed by atoms with E-state index in [-0.39, 0.29) is 62.0 Å². The molecule has 2 rings (SSSR count). The van der Waals surface area contributed by atoms with Crippen LogP contribution in [0.4, 0.5) is 0 Å². The number of hydrogen-bond donors (Lipinski definition) is 1. The number of rotatable bonds is 1. The van der Waals surface area contributed by atoms with Crippen LogP contribution in [0.5, 0.6) is 0 Å². The first-order chi connectivity index (χ1) is 5.47. The molecular formula is C8H9N3Na2. The van der Waals surface area contributed by atoms with E-state index in [1.165, 1.54) is 0 Å². The molecule has 5 heteroatoms. The van der Waals surface area contributed by atoms with E-state index in [0.29, 0.717) is 0 Å². The Balaban J connectivity index is -0.000000360. The normalized spacial score (nSPS) is 8.31. The van der Waals surface area contributed by atoms with Gasteiger partial charge in [-0.2, -0.15) is 15.4 Å². The van der Waals surface area contributed by atoms with Gasteiger partial charge < -0.3 is 2.85 Å². The van der Waals surface area contributed by atoms with Crippen molar-refractivity contribution >= 4 is 0 Å². The molecule has 0 aliphatic carbocycles. The number of H-pyrrole nitrogens is 1. The molecule has 0 bridgehead atoms. The molecule has 0 aliphatic rings. The fourth-order valence-corrected chi connectivity index (χ4v) is 0.950. The molecule has 58 valence electrons. The van der Waals surface area contributed by atoms with Crippen molar-refractivity contribution in [2.45, 2.75) is 0 Å².